The lowest BCUT2D eigenvalue weighted by atomic mass is 10.2. The number of anilines is 1. The fourth-order valence-electron chi connectivity index (χ4n) is 2.93. The summed E-state index contributed by atoms with van der Waals surface area (Å²) >= 11 is 0. The first-order valence-corrected chi connectivity index (χ1v) is 9.70. The van der Waals surface area contributed by atoms with Crippen molar-refractivity contribution in [2.24, 2.45) is 4.99 Å². The summed E-state index contributed by atoms with van der Waals surface area (Å²) in [7, 11) is 0. The van der Waals surface area contributed by atoms with Crippen LogP contribution in [0.4, 0.5) is 11.4 Å². The number of benzene rings is 2. The van der Waals surface area contributed by atoms with Gasteiger partial charge in [-0.3, -0.25) is 4.99 Å². The molecule has 0 bridgehead atoms. The Morgan fingerprint density at radius 2 is 1.93 bits per heavy atom. The number of hydrogen-bond donors (Lipinski definition) is 1. The molecular formula is C22H26N2O5. The molecule has 1 saturated heterocycles. The van der Waals surface area contributed by atoms with Crippen LogP contribution < -0.4 is 14.4 Å². The van der Waals surface area contributed by atoms with Crippen molar-refractivity contribution in [3.05, 3.63) is 48.0 Å². The summed E-state index contributed by atoms with van der Waals surface area (Å²) in [5.41, 5.74) is 2.85. The van der Waals surface area contributed by atoms with Gasteiger partial charge in [-0.2, -0.15) is 0 Å². The van der Waals surface area contributed by atoms with Gasteiger partial charge in [0.25, 0.3) is 0 Å². The number of hydrogen-bond acceptors (Lipinski definition) is 6. The van der Waals surface area contributed by atoms with Crippen molar-refractivity contribution in [3.63, 3.8) is 0 Å². The van der Waals surface area contributed by atoms with Crippen molar-refractivity contribution in [2.75, 3.05) is 37.8 Å². The van der Waals surface area contributed by atoms with E-state index in [2.05, 4.69) is 22.0 Å². The molecule has 154 valence electrons. The highest BCUT2D eigenvalue weighted by atomic mass is 16.5. The van der Waals surface area contributed by atoms with E-state index in [0.717, 1.165) is 37.6 Å². The van der Waals surface area contributed by atoms with Crippen molar-refractivity contribution in [1.82, 2.24) is 0 Å². The Bertz CT molecular complexity index is 845. The number of morpholine rings is 1. The fourth-order valence-corrected chi connectivity index (χ4v) is 2.93. The van der Waals surface area contributed by atoms with Crippen LogP contribution in [0.3, 0.4) is 0 Å². The maximum atomic E-state index is 11.0. The number of ether oxygens (including phenoxy) is 3. The predicted octanol–water partition coefficient (Wildman–Crippen LogP) is 3.52. The van der Waals surface area contributed by atoms with Gasteiger partial charge in [0.1, 0.15) is 0 Å². The van der Waals surface area contributed by atoms with Gasteiger partial charge < -0.3 is 24.2 Å². The molecule has 1 aliphatic heterocycles. The predicted molar refractivity (Wildman–Crippen MR) is 112 cm³/mol. The lowest BCUT2D eigenvalue weighted by Gasteiger charge is -2.28. The molecule has 0 saturated carbocycles. The number of aliphatic imine (C=N–C) groups is 1. The summed E-state index contributed by atoms with van der Waals surface area (Å²) in [5.74, 6) is -0.139. The van der Waals surface area contributed by atoms with E-state index in [0.29, 0.717) is 18.1 Å². The molecule has 1 heterocycles. The average Bonchev–Trinajstić information content (AvgIpc) is 2.75. The van der Waals surface area contributed by atoms with E-state index < -0.39 is 12.1 Å². The van der Waals surface area contributed by atoms with E-state index in [-0.39, 0.29) is 0 Å². The van der Waals surface area contributed by atoms with E-state index in [9.17, 15) is 4.79 Å². The number of nitrogens with zero attached hydrogens (tertiary/aromatic N) is 2. The highest BCUT2D eigenvalue weighted by Crippen LogP contribution is 2.29. The highest BCUT2D eigenvalue weighted by Gasteiger charge is 2.16. The maximum absolute atomic E-state index is 11.0. The van der Waals surface area contributed by atoms with E-state index in [1.54, 1.807) is 18.3 Å². The first-order valence-electron chi connectivity index (χ1n) is 9.70. The number of carbonyl (C=O) groups is 1. The van der Waals surface area contributed by atoms with Gasteiger partial charge in [-0.15, -0.1) is 0 Å². The number of aliphatic carboxylic acids is 1. The zero-order valence-electron chi connectivity index (χ0n) is 16.7. The zero-order chi connectivity index (χ0) is 20.6. The summed E-state index contributed by atoms with van der Waals surface area (Å²) in [6, 6.07) is 13.4. The summed E-state index contributed by atoms with van der Waals surface area (Å²) in [5, 5.41) is 9.04. The minimum atomic E-state index is -1.03. The van der Waals surface area contributed by atoms with Gasteiger partial charge in [0.05, 0.1) is 25.5 Å². The van der Waals surface area contributed by atoms with Crippen LogP contribution in [0.25, 0.3) is 0 Å². The van der Waals surface area contributed by atoms with E-state index in [1.165, 1.54) is 12.6 Å². The molecule has 2 aromatic rings. The molecule has 0 spiro atoms. The average molecular weight is 398 g/mol. The molecule has 3 rings (SSSR count). The second-order valence-corrected chi connectivity index (χ2v) is 6.61. The van der Waals surface area contributed by atoms with Gasteiger partial charge in [0.2, 0.25) is 0 Å². The summed E-state index contributed by atoms with van der Waals surface area (Å²) in [6.07, 6.45) is 0.787. The van der Waals surface area contributed by atoms with Crippen LogP contribution in [0.15, 0.2) is 47.5 Å². The summed E-state index contributed by atoms with van der Waals surface area (Å²) in [6.45, 7) is 7.10. The minimum absolute atomic E-state index is 0.397. The Balaban J connectivity index is 1.70. The number of carboxylic acid groups (broad SMARTS) is 1. The highest BCUT2D eigenvalue weighted by molar-refractivity contribution is 5.83. The third-order valence-electron chi connectivity index (χ3n) is 4.51. The van der Waals surface area contributed by atoms with Crippen LogP contribution in [0.1, 0.15) is 19.4 Å². The van der Waals surface area contributed by atoms with E-state index in [1.807, 2.05) is 25.1 Å². The van der Waals surface area contributed by atoms with Crippen LogP contribution >= 0.6 is 0 Å². The minimum Gasteiger partial charge on any atom is -0.490 e. The standard InChI is InChI=1S/C22H26N2O5/c1-3-28-21-14-17(4-9-20(21)29-16(2)22(25)26)15-23-18-5-7-19(8-6-18)24-10-12-27-13-11-24/h4-9,14-16H,3,10-13H2,1-2H3,(H,25,26). The Hall–Kier alpha value is -3.06. The summed E-state index contributed by atoms with van der Waals surface area (Å²) in [4.78, 5) is 17.8. The molecular weight excluding hydrogens is 372 g/mol. The SMILES string of the molecule is CCOc1cc(C=Nc2ccc(N3CCOCC3)cc2)ccc1OC(C)C(=O)O. The van der Waals surface area contributed by atoms with Crippen LogP contribution in [-0.2, 0) is 9.53 Å². The Labute approximate surface area is 170 Å². The van der Waals surface area contributed by atoms with Gasteiger partial charge in [-0.25, -0.2) is 4.79 Å². The van der Waals surface area contributed by atoms with Crippen molar-refractivity contribution in [3.8, 4) is 11.5 Å². The van der Waals surface area contributed by atoms with Crippen molar-refractivity contribution < 1.29 is 24.1 Å². The Kier molecular flexibility index (Phi) is 7.08. The Morgan fingerprint density at radius 3 is 2.59 bits per heavy atom. The van der Waals surface area contributed by atoms with Crippen LogP contribution in [0, 0.1) is 0 Å². The number of rotatable bonds is 8. The monoisotopic (exact) mass is 398 g/mol. The quantitative estimate of drug-likeness (QED) is 0.685. The lowest BCUT2D eigenvalue weighted by Crippen LogP contribution is -2.36. The van der Waals surface area contributed by atoms with Crippen molar-refractivity contribution >= 4 is 23.6 Å². The van der Waals surface area contributed by atoms with E-state index in [4.69, 9.17) is 19.3 Å². The molecule has 0 aliphatic carbocycles. The van der Waals surface area contributed by atoms with Gasteiger partial charge in [0.15, 0.2) is 17.6 Å². The molecule has 0 aromatic heterocycles. The topological polar surface area (TPSA) is 80.6 Å². The molecule has 7 heteroatoms. The van der Waals surface area contributed by atoms with Crippen molar-refractivity contribution in [1.29, 1.82) is 0 Å². The molecule has 1 N–H and O–H groups in total. The molecule has 1 unspecified atom stereocenters. The normalized spacial score (nSPS) is 15.3. The maximum Gasteiger partial charge on any atom is 0.344 e. The molecule has 2 aromatic carbocycles. The van der Waals surface area contributed by atoms with Gasteiger partial charge in [0, 0.05) is 25.0 Å². The largest absolute Gasteiger partial charge is 0.490 e. The van der Waals surface area contributed by atoms with Gasteiger partial charge >= 0.3 is 5.97 Å². The third-order valence-corrected chi connectivity index (χ3v) is 4.51. The van der Waals surface area contributed by atoms with Crippen molar-refractivity contribution in [2.45, 2.75) is 20.0 Å². The molecule has 1 fully saturated rings. The molecule has 29 heavy (non-hydrogen) atoms. The first kappa shape index (κ1) is 20.7. The van der Waals surface area contributed by atoms with Crippen LogP contribution in [0.5, 0.6) is 11.5 Å². The molecule has 0 amide bonds. The van der Waals surface area contributed by atoms with E-state index >= 15 is 0 Å². The Morgan fingerprint density at radius 1 is 1.21 bits per heavy atom. The fraction of sp³-hybridized carbons (Fsp3) is 0.364. The zero-order valence-corrected chi connectivity index (χ0v) is 16.7. The first-order chi connectivity index (χ1) is 14.1. The third kappa shape index (κ3) is 5.71. The molecule has 0 radical (unpaired) electrons. The molecule has 1 aliphatic rings. The second kappa shape index (κ2) is 9.93. The van der Waals surface area contributed by atoms with Crippen LogP contribution in [-0.4, -0.2) is 56.3 Å². The smallest absolute Gasteiger partial charge is 0.344 e. The second-order valence-electron chi connectivity index (χ2n) is 6.61. The van der Waals surface area contributed by atoms with Gasteiger partial charge in [-0.05, 0) is 61.9 Å². The number of carboxylic acids is 1. The van der Waals surface area contributed by atoms with Gasteiger partial charge in [-0.1, -0.05) is 0 Å². The summed E-state index contributed by atoms with van der Waals surface area (Å²) < 4.78 is 16.5. The van der Waals surface area contributed by atoms with Crippen LogP contribution in [0.2, 0.25) is 0 Å². The molecule has 1 atom stereocenters. The molecule has 7 nitrogen and oxygen atoms in total. The lowest BCUT2D eigenvalue weighted by molar-refractivity contribution is -0.144.